The predicted octanol–water partition coefficient (Wildman–Crippen LogP) is 0.0531. The number of aliphatic hydroxyl groups is 2. The monoisotopic (exact) mass is 319 g/mol. The summed E-state index contributed by atoms with van der Waals surface area (Å²) in [5, 5.41) is 17.5. The van der Waals surface area contributed by atoms with Crippen LogP contribution in [-0.2, 0) is 9.92 Å². The number of ether oxygens (including phenoxy) is 1. The highest BCUT2D eigenvalue weighted by Gasteiger charge is 2.47. The van der Waals surface area contributed by atoms with E-state index < -0.39 is 17.4 Å². The van der Waals surface area contributed by atoms with Crippen molar-refractivity contribution in [2.24, 2.45) is 0 Å². The summed E-state index contributed by atoms with van der Waals surface area (Å²) in [5.41, 5.74) is 6.34. The van der Waals surface area contributed by atoms with E-state index in [1.807, 2.05) is 0 Å². The SMILES string of the molecule is Nc1nc(Cl)nc2c1ncn2[C@@]1(Cl)C[C@H](O)[C@@H](CO)O1. The normalized spacial score (nSPS) is 30.2. The number of aliphatic hydroxyl groups excluding tert-OH is 2. The molecule has 3 atom stereocenters. The molecule has 3 heterocycles. The topological polar surface area (TPSA) is 119 Å². The molecule has 1 saturated heterocycles. The second-order valence-electron chi connectivity index (χ2n) is 4.46. The number of hydrogen-bond donors (Lipinski definition) is 3. The van der Waals surface area contributed by atoms with E-state index in [-0.39, 0.29) is 24.1 Å². The summed E-state index contributed by atoms with van der Waals surface area (Å²) in [4.78, 5) is 11.9. The molecule has 0 unspecified atom stereocenters. The molecule has 20 heavy (non-hydrogen) atoms. The quantitative estimate of drug-likeness (QED) is 0.528. The fourth-order valence-electron chi connectivity index (χ4n) is 2.20. The number of alkyl halides is 1. The Bertz CT molecular complexity index is 666. The van der Waals surface area contributed by atoms with Crippen LogP contribution in [0.3, 0.4) is 0 Å². The molecule has 4 N–H and O–H groups in total. The zero-order valence-electron chi connectivity index (χ0n) is 10.1. The number of halogens is 2. The maximum Gasteiger partial charge on any atom is 0.228 e. The molecular weight excluding hydrogens is 309 g/mol. The second-order valence-corrected chi connectivity index (χ2v) is 5.39. The number of nitrogens with zero attached hydrogens (tertiary/aromatic N) is 4. The Morgan fingerprint density at radius 2 is 2.30 bits per heavy atom. The van der Waals surface area contributed by atoms with Crippen LogP contribution < -0.4 is 5.73 Å². The van der Waals surface area contributed by atoms with E-state index in [9.17, 15) is 5.11 Å². The van der Waals surface area contributed by atoms with Crippen molar-refractivity contribution in [3.8, 4) is 0 Å². The van der Waals surface area contributed by atoms with Crippen molar-refractivity contribution in [1.82, 2.24) is 19.5 Å². The summed E-state index contributed by atoms with van der Waals surface area (Å²) in [6.45, 7) is -0.347. The van der Waals surface area contributed by atoms with E-state index in [0.29, 0.717) is 11.2 Å². The second kappa shape index (κ2) is 4.68. The van der Waals surface area contributed by atoms with Crippen LogP contribution in [0.2, 0.25) is 5.28 Å². The van der Waals surface area contributed by atoms with Gasteiger partial charge in [-0.25, -0.2) is 4.98 Å². The first kappa shape index (κ1) is 13.8. The van der Waals surface area contributed by atoms with Gasteiger partial charge in [-0.15, -0.1) is 0 Å². The number of fused-ring (bicyclic) bond motifs is 1. The van der Waals surface area contributed by atoms with E-state index in [2.05, 4.69) is 15.0 Å². The Hall–Kier alpha value is -1.19. The van der Waals surface area contributed by atoms with E-state index in [4.69, 9.17) is 38.8 Å². The highest BCUT2D eigenvalue weighted by Crippen LogP contribution is 2.40. The Morgan fingerprint density at radius 3 is 2.95 bits per heavy atom. The zero-order valence-corrected chi connectivity index (χ0v) is 11.6. The van der Waals surface area contributed by atoms with Gasteiger partial charge in [-0.1, -0.05) is 11.6 Å². The lowest BCUT2D eigenvalue weighted by Crippen LogP contribution is -2.28. The van der Waals surface area contributed by atoms with Gasteiger partial charge in [-0.3, -0.25) is 4.57 Å². The summed E-state index contributed by atoms with van der Waals surface area (Å²) in [7, 11) is 0. The molecule has 108 valence electrons. The molecule has 1 fully saturated rings. The summed E-state index contributed by atoms with van der Waals surface area (Å²) in [5.74, 6) is 0.122. The average molecular weight is 320 g/mol. The minimum Gasteiger partial charge on any atom is -0.394 e. The van der Waals surface area contributed by atoms with Gasteiger partial charge in [0.05, 0.1) is 12.7 Å². The fourth-order valence-corrected chi connectivity index (χ4v) is 2.77. The maximum absolute atomic E-state index is 9.82. The number of aromatic nitrogens is 4. The van der Waals surface area contributed by atoms with Crippen LogP contribution in [0.1, 0.15) is 6.42 Å². The lowest BCUT2D eigenvalue weighted by Gasteiger charge is -2.23. The predicted molar refractivity (Wildman–Crippen MR) is 71.2 cm³/mol. The van der Waals surface area contributed by atoms with Crippen LogP contribution in [0, 0.1) is 0 Å². The molecule has 10 heteroatoms. The minimum absolute atomic E-state index is 0.0470. The third kappa shape index (κ3) is 2.00. The lowest BCUT2D eigenvalue weighted by molar-refractivity contribution is -0.0658. The summed E-state index contributed by atoms with van der Waals surface area (Å²) in [6.07, 6.45) is -0.234. The van der Waals surface area contributed by atoms with Crippen molar-refractivity contribution in [2.45, 2.75) is 23.8 Å². The molecule has 0 aliphatic carbocycles. The number of nitrogens with two attached hydrogens (primary N) is 1. The van der Waals surface area contributed by atoms with Crippen LogP contribution in [0.15, 0.2) is 6.33 Å². The number of rotatable bonds is 2. The van der Waals surface area contributed by atoms with Crippen molar-refractivity contribution >= 4 is 40.2 Å². The molecular formula is C10H11Cl2N5O3. The van der Waals surface area contributed by atoms with Crippen molar-refractivity contribution in [1.29, 1.82) is 0 Å². The summed E-state index contributed by atoms with van der Waals surface area (Å²) < 4.78 is 6.90. The average Bonchev–Trinajstić information content (AvgIpc) is 2.91. The fraction of sp³-hybridized carbons (Fsp3) is 0.500. The molecule has 1 aliphatic heterocycles. The third-order valence-corrected chi connectivity index (χ3v) is 3.75. The van der Waals surface area contributed by atoms with Gasteiger partial charge in [0, 0.05) is 6.42 Å². The molecule has 3 rings (SSSR count). The van der Waals surface area contributed by atoms with E-state index >= 15 is 0 Å². The van der Waals surface area contributed by atoms with Gasteiger partial charge in [-0.05, 0) is 11.6 Å². The van der Waals surface area contributed by atoms with Crippen molar-refractivity contribution in [2.75, 3.05) is 12.3 Å². The van der Waals surface area contributed by atoms with Gasteiger partial charge in [0.15, 0.2) is 11.5 Å². The van der Waals surface area contributed by atoms with Gasteiger partial charge < -0.3 is 20.7 Å². The molecule has 0 bridgehead atoms. The van der Waals surface area contributed by atoms with Gasteiger partial charge in [0.1, 0.15) is 17.9 Å². The Kier molecular flexibility index (Phi) is 3.22. The van der Waals surface area contributed by atoms with Gasteiger partial charge in [-0.2, -0.15) is 9.97 Å². The maximum atomic E-state index is 9.82. The van der Waals surface area contributed by atoms with Crippen LogP contribution in [0.4, 0.5) is 5.82 Å². The molecule has 2 aromatic heterocycles. The van der Waals surface area contributed by atoms with E-state index in [0.717, 1.165) is 0 Å². The number of hydrogen-bond acceptors (Lipinski definition) is 7. The van der Waals surface area contributed by atoms with Crippen molar-refractivity contribution in [3.63, 3.8) is 0 Å². The largest absolute Gasteiger partial charge is 0.394 e. The first-order valence-corrected chi connectivity index (χ1v) is 6.52. The first-order chi connectivity index (χ1) is 9.44. The minimum atomic E-state index is -1.41. The van der Waals surface area contributed by atoms with Crippen molar-refractivity contribution < 1.29 is 14.9 Å². The van der Waals surface area contributed by atoms with Gasteiger partial charge >= 0.3 is 0 Å². The standard InChI is InChI=1S/C10H11Cl2N5O3/c11-9-15-7(13)6-8(16-9)17(3-14-6)10(12)1-4(19)5(2-18)20-10/h3-5,18-19H,1-2H2,(H2,13,15,16)/t4-,5+,10-/m0/s1. The lowest BCUT2D eigenvalue weighted by atomic mass is 10.2. The molecule has 2 aromatic rings. The number of nitrogen functional groups attached to an aromatic ring is 1. The van der Waals surface area contributed by atoms with Crippen LogP contribution in [0.5, 0.6) is 0 Å². The summed E-state index contributed by atoms with van der Waals surface area (Å²) >= 11 is 12.1. The summed E-state index contributed by atoms with van der Waals surface area (Å²) in [6, 6.07) is 0. The van der Waals surface area contributed by atoms with Gasteiger partial charge in [0.2, 0.25) is 10.5 Å². The Morgan fingerprint density at radius 1 is 1.55 bits per heavy atom. The first-order valence-electron chi connectivity index (χ1n) is 5.77. The molecule has 0 aromatic carbocycles. The third-order valence-electron chi connectivity index (χ3n) is 3.16. The molecule has 8 nitrogen and oxygen atoms in total. The van der Waals surface area contributed by atoms with Crippen LogP contribution >= 0.6 is 23.2 Å². The Balaban J connectivity index is 2.11. The van der Waals surface area contributed by atoms with Crippen LogP contribution in [-0.4, -0.2) is 48.5 Å². The van der Waals surface area contributed by atoms with Crippen LogP contribution in [0.25, 0.3) is 11.2 Å². The van der Waals surface area contributed by atoms with Gasteiger partial charge in [0.25, 0.3) is 0 Å². The van der Waals surface area contributed by atoms with Crippen molar-refractivity contribution in [3.05, 3.63) is 11.6 Å². The zero-order chi connectivity index (χ0) is 14.5. The number of anilines is 1. The van der Waals surface area contributed by atoms with E-state index in [1.165, 1.54) is 10.9 Å². The molecule has 1 aliphatic rings. The Labute approximate surface area is 123 Å². The molecule has 0 spiro atoms. The highest BCUT2D eigenvalue weighted by molar-refractivity contribution is 6.28. The number of imidazole rings is 1. The van der Waals surface area contributed by atoms with E-state index in [1.54, 1.807) is 0 Å². The molecule has 0 saturated carbocycles. The highest BCUT2D eigenvalue weighted by atomic mass is 35.5. The molecule has 0 radical (unpaired) electrons. The molecule has 0 amide bonds. The smallest absolute Gasteiger partial charge is 0.228 e.